The minimum absolute atomic E-state index is 0.145. The maximum Gasteiger partial charge on any atom is 0.416 e. The molecule has 0 aliphatic carbocycles. The predicted octanol–water partition coefficient (Wildman–Crippen LogP) is 4.45. The van der Waals surface area contributed by atoms with Crippen molar-refractivity contribution in [1.82, 2.24) is 0 Å². The van der Waals surface area contributed by atoms with Gasteiger partial charge >= 0.3 is 6.18 Å². The van der Waals surface area contributed by atoms with Gasteiger partial charge in [0, 0.05) is 5.56 Å². The van der Waals surface area contributed by atoms with Gasteiger partial charge in [-0.25, -0.2) is 4.39 Å². The predicted molar refractivity (Wildman–Crippen MR) is 63.3 cm³/mol. The summed E-state index contributed by atoms with van der Waals surface area (Å²) in [4.78, 5) is 10.7. The number of hydrogen-bond acceptors (Lipinski definition) is 2. The van der Waals surface area contributed by atoms with Crippen molar-refractivity contribution >= 4 is 6.29 Å². The van der Waals surface area contributed by atoms with Crippen LogP contribution >= 0.6 is 0 Å². The molecule has 0 fully saturated rings. The van der Waals surface area contributed by atoms with E-state index in [0.29, 0.717) is 6.29 Å². The number of halogens is 4. The van der Waals surface area contributed by atoms with E-state index in [1.54, 1.807) is 0 Å². The highest BCUT2D eigenvalue weighted by Crippen LogP contribution is 2.33. The molecular formula is C14H8F4O2. The van der Waals surface area contributed by atoms with Crippen LogP contribution in [0.4, 0.5) is 17.6 Å². The van der Waals surface area contributed by atoms with Crippen molar-refractivity contribution in [3.8, 4) is 11.5 Å². The second-order valence-electron chi connectivity index (χ2n) is 3.96. The molecule has 0 unspecified atom stereocenters. The lowest BCUT2D eigenvalue weighted by Gasteiger charge is -2.11. The summed E-state index contributed by atoms with van der Waals surface area (Å²) in [7, 11) is 0. The third kappa shape index (κ3) is 3.34. The Morgan fingerprint density at radius 2 is 1.60 bits per heavy atom. The van der Waals surface area contributed by atoms with Crippen LogP contribution in [0.3, 0.4) is 0 Å². The van der Waals surface area contributed by atoms with Gasteiger partial charge in [0.15, 0.2) is 0 Å². The maximum absolute atomic E-state index is 12.7. The average Bonchev–Trinajstić information content (AvgIpc) is 2.40. The Kier molecular flexibility index (Phi) is 3.74. The zero-order chi connectivity index (χ0) is 14.8. The number of aldehydes is 1. The Morgan fingerprint density at radius 1 is 0.950 bits per heavy atom. The summed E-state index contributed by atoms with van der Waals surface area (Å²) in [6.07, 6.45) is -4.29. The summed E-state index contributed by atoms with van der Waals surface area (Å²) < 4.78 is 55.9. The molecule has 0 aromatic heterocycles. The highest BCUT2D eigenvalue weighted by Gasteiger charge is 2.31. The van der Waals surface area contributed by atoms with Crippen molar-refractivity contribution in [2.45, 2.75) is 6.18 Å². The van der Waals surface area contributed by atoms with Gasteiger partial charge in [0.25, 0.3) is 0 Å². The molecule has 20 heavy (non-hydrogen) atoms. The molecule has 0 bridgehead atoms. The first-order valence-corrected chi connectivity index (χ1v) is 5.49. The van der Waals surface area contributed by atoms with E-state index in [4.69, 9.17) is 4.74 Å². The van der Waals surface area contributed by atoms with E-state index in [1.165, 1.54) is 18.2 Å². The molecule has 0 saturated carbocycles. The Labute approximate surface area is 111 Å². The second-order valence-corrected chi connectivity index (χ2v) is 3.96. The van der Waals surface area contributed by atoms with Crippen molar-refractivity contribution in [3.63, 3.8) is 0 Å². The second kappa shape index (κ2) is 5.32. The molecule has 2 rings (SSSR count). The van der Waals surface area contributed by atoms with Crippen LogP contribution in [0.25, 0.3) is 0 Å². The van der Waals surface area contributed by atoms with Crippen LogP contribution in [0.5, 0.6) is 11.5 Å². The van der Waals surface area contributed by atoms with Crippen LogP contribution in [0.2, 0.25) is 0 Å². The van der Waals surface area contributed by atoms with Crippen LogP contribution in [0, 0.1) is 5.82 Å². The van der Waals surface area contributed by atoms with E-state index < -0.39 is 17.6 Å². The number of alkyl halides is 3. The Bertz CT molecular complexity index is 618. The van der Waals surface area contributed by atoms with E-state index >= 15 is 0 Å². The van der Waals surface area contributed by atoms with Crippen LogP contribution in [0.15, 0.2) is 42.5 Å². The summed E-state index contributed by atoms with van der Waals surface area (Å²) >= 11 is 0. The van der Waals surface area contributed by atoms with Gasteiger partial charge in [-0.3, -0.25) is 4.79 Å². The van der Waals surface area contributed by atoms with E-state index in [0.717, 1.165) is 24.3 Å². The smallest absolute Gasteiger partial charge is 0.416 e. The molecule has 0 heterocycles. The molecule has 2 nitrogen and oxygen atoms in total. The maximum atomic E-state index is 12.7. The fraction of sp³-hybridized carbons (Fsp3) is 0.0714. The average molecular weight is 284 g/mol. The van der Waals surface area contributed by atoms with Crippen molar-refractivity contribution in [2.24, 2.45) is 0 Å². The van der Waals surface area contributed by atoms with Crippen molar-refractivity contribution in [3.05, 3.63) is 59.4 Å². The summed E-state index contributed by atoms with van der Waals surface area (Å²) in [5.41, 5.74) is -1.14. The van der Waals surface area contributed by atoms with Crippen molar-refractivity contribution in [1.29, 1.82) is 0 Å². The summed E-state index contributed by atoms with van der Waals surface area (Å²) in [5, 5.41) is 0. The molecule has 6 heteroatoms. The van der Waals surface area contributed by atoms with Gasteiger partial charge in [-0.1, -0.05) is 0 Å². The minimum atomic E-state index is -4.58. The summed E-state index contributed by atoms with van der Waals surface area (Å²) in [6, 6.07) is 7.45. The molecule has 0 radical (unpaired) electrons. The third-order valence-corrected chi connectivity index (χ3v) is 2.44. The Balaban J connectivity index is 2.36. The van der Waals surface area contributed by atoms with Gasteiger partial charge in [-0.15, -0.1) is 0 Å². The molecule has 0 amide bonds. The number of rotatable bonds is 3. The lowest BCUT2D eigenvalue weighted by molar-refractivity contribution is -0.137. The molecular weight excluding hydrogens is 276 g/mol. The molecule has 2 aromatic rings. The normalized spacial score (nSPS) is 11.2. The number of carbonyl (C=O) groups is 1. The number of benzene rings is 2. The SMILES string of the molecule is O=Cc1cc(Oc2ccc(F)cc2)cc(C(F)(F)F)c1. The van der Waals surface area contributed by atoms with E-state index in [1.807, 2.05) is 0 Å². The molecule has 2 aromatic carbocycles. The summed E-state index contributed by atoms with van der Waals surface area (Å²) in [6.45, 7) is 0. The molecule has 104 valence electrons. The van der Waals surface area contributed by atoms with Crippen LogP contribution in [-0.4, -0.2) is 6.29 Å². The first-order valence-electron chi connectivity index (χ1n) is 5.49. The van der Waals surface area contributed by atoms with Crippen LogP contribution in [-0.2, 0) is 6.18 Å². The van der Waals surface area contributed by atoms with Gasteiger partial charge in [0.05, 0.1) is 5.56 Å². The van der Waals surface area contributed by atoms with Crippen LogP contribution in [0.1, 0.15) is 15.9 Å². The Hall–Kier alpha value is -2.37. The van der Waals surface area contributed by atoms with E-state index in [2.05, 4.69) is 0 Å². The fourth-order valence-electron chi connectivity index (χ4n) is 1.55. The number of hydrogen-bond donors (Lipinski definition) is 0. The topological polar surface area (TPSA) is 26.3 Å². The zero-order valence-electron chi connectivity index (χ0n) is 9.95. The monoisotopic (exact) mass is 284 g/mol. The minimum Gasteiger partial charge on any atom is -0.457 e. The first kappa shape index (κ1) is 14.0. The fourth-order valence-corrected chi connectivity index (χ4v) is 1.55. The van der Waals surface area contributed by atoms with Crippen LogP contribution < -0.4 is 4.74 Å². The highest BCUT2D eigenvalue weighted by atomic mass is 19.4. The van der Waals surface area contributed by atoms with Gasteiger partial charge < -0.3 is 4.74 Å². The van der Waals surface area contributed by atoms with Gasteiger partial charge in [-0.2, -0.15) is 13.2 Å². The van der Waals surface area contributed by atoms with Crippen molar-refractivity contribution in [2.75, 3.05) is 0 Å². The molecule has 0 aliphatic rings. The standard InChI is InChI=1S/C14H8F4O2/c15-11-1-3-12(4-2-11)20-13-6-9(8-19)5-10(7-13)14(16,17)18/h1-8H. The molecule has 0 N–H and O–H groups in total. The van der Waals surface area contributed by atoms with Crippen molar-refractivity contribution < 1.29 is 27.1 Å². The molecule has 0 saturated heterocycles. The first-order chi connectivity index (χ1) is 9.38. The summed E-state index contributed by atoms with van der Waals surface area (Å²) in [5.74, 6) is -0.467. The largest absolute Gasteiger partial charge is 0.457 e. The van der Waals surface area contributed by atoms with Gasteiger partial charge in [0.2, 0.25) is 0 Å². The van der Waals surface area contributed by atoms with E-state index in [9.17, 15) is 22.4 Å². The van der Waals surface area contributed by atoms with Gasteiger partial charge in [-0.05, 0) is 42.5 Å². The Morgan fingerprint density at radius 3 is 2.15 bits per heavy atom. The molecule has 0 spiro atoms. The molecule has 0 atom stereocenters. The lowest BCUT2D eigenvalue weighted by atomic mass is 10.1. The quantitative estimate of drug-likeness (QED) is 0.615. The number of ether oxygens (including phenoxy) is 1. The third-order valence-electron chi connectivity index (χ3n) is 2.44. The zero-order valence-corrected chi connectivity index (χ0v) is 9.95. The lowest BCUT2D eigenvalue weighted by Crippen LogP contribution is -2.06. The number of carbonyl (C=O) groups excluding carboxylic acids is 1. The highest BCUT2D eigenvalue weighted by molar-refractivity contribution is 5.76. The van der Waals surface area contributed by atoms with Gasteiger partial charge in [0.1, 0.15) is 23.6 Å². The molecule has 0 aliphatic heterocycles. The van der Waals surface area contributed by atoms with E-state index in [-0.39, 0.29) is 17.1 Å².